The summed E-state index contributed by atoms with van der Waals surface area (Å²) in [6, 6.07) is 23.0. The van der Waals surface area contributed by atoms with Gasteiger partial charge in [-0.25, -0.2) is 0 Å². The Hall–Kier alpha value is -4.01. The van der Waals surface area contributed by atoms with Gasteiger partial charge >= 0.3 is 0 Å². The fraction of sp³-hybridized carbons (Fsp3) is 0.300. The lowest BCUT2D eigenvalue weighted by Gasteiger charge is -2.24. The van der Waals surface area contributed by atoms with Crippen LogP contribution in [0.15, 0.2) is 79.0 Å². The number of benzene rings is 3. The van der Waals surface area contributed by atoms with Crippen molar-refractivity contribution in [2.75, 3.05) is 52.7 Å². The van der Waals surface area contributed by atoms with Crippen molar-refractivity contribution in [3.8, 4) is 28.7 Å². The zero-order valence-electron chi connectivity index (χ0n) is 21.3. The number of fused-ring (bicyclic) bond motifs is 3. The Bertz CT molecular complexity index is 1270. The molecule has 0 radical (unpaired) electrons. The predicted molar refractivity (Wildman–Crippen MR) is 144 cm³/mol. The molecule has 0 bridgehead atoms. The van der Waals surface area contributed by atoms with Crippen molar-refractivity contribution < 1.29 is 28.8 Å². The summed E-state index contributed by atoms with van der Waals surface area (Å²) in [7, 11) is 0. The lowest BCUT2D eigenvalue weighted by molar-refractivity contribution is 0.0737. The van der Waals surface area contributed by atoms with Crippen LogP contribution in [0, 0.1) is 0 Å². The molecule has 38 heavy (non-hydrogen) atoms. The second-order valence-electron chi connectivity index (χ2n) is 8.82. The quantitative estimate of drug-likeness (QED) is 0.411. The maximum Gasteiger partial charge on any atom is 0.161 e. The highest BCUT2D eigenvalue weighted by atomic mass is 16.6. The molecule has 0 unspecified atom stereocenters. The zero-order valence-corrected chi connectivity index (χ0v) is 21.3. The number of hydrogen-bond acceptors (Lipinski definition) is 8. The average Bonchev–Trinajstić information content (AvgIpc) is 2.95. The molecule has 3 aromatic carbocycles. The van der Waals surface area contributed by atoms with Crippen LogP contribution >= 0.6 is 0 Å². The number of rotatable bonds is 2. The van der Waals surface area contributed by atoms with Gasteiger partial charge in [-0.2, -0.15) is 0 Å². The van der Waals surface area contributed by atoms with Crippen LogP contribution in [0.2, 0.25) is 0 Å². The third kappa shape index (κ3) is 6.65. The smallest absolute Gasteiger partial charge is 0.161 e. The van der Waals surface area contributed by atoms with Gasteiger partial charge in [0.25, 0.3) is 0 Å². The number of phenols is 1. The molecule has 0 spiro atoms. The predicted octanol–water partition coefficient (Wildman–Crippen LogP) is 4.69. The first-order valence-electron chi connectivity index (χ1n) is 12.8. The van der Waals surface area contributed by atoms with Crippen LogP contribution in [-0.4, -0.2) is 67.7 Å². The van der Waals surface area contributed by atoms with E-state index in [1.165, 1.54) is 0 Å². The number of hydrogen-bond donors (Lipinski definition) is 1. The van der Waals surface area contributed by atoms with Crippen molar-refractivity contribution in [1.29, 1.82) is 0 Å². The summed E-state index contributed by atoms with van der Waals surface area (Å²) in [4.78, 5) is 6.55. The Balaban J connectivity index is 1.34. The van der Waals surface area contributed by atoms with Gasteiger partial charge in [0.15, 0.2) is 23.0 Å². The highest BCUT2D eigenvalue weighted by Crippen LogP contribution is 2.29. The molecule has 1 aliphatic heterocycles. The molecule has 0 saturated heterocycles. The molecular formula is C30H32N2O6. The molecule has 0 fully saturated rings. The molecule has 1 aliphatic rings. The van der Waals surface area contributed by atoms with Gasteiger partial charge in [0.05, 0.1) is 13.2 Å². The first-order valence-corrected chi connectivity index (χ1v) is 12.8. The van der Waals surface area contributed by atoms with Crippen LogP contribution in [0.25, 0.3) is 10.9 Å². The van der Waals surface area contributed by atoms with E-state index in [2.05, 4.69) is 9.88 Å². The molecule has 1 N–H and O–H groups in total. The van der Waals surface area contributed by atoms with Crippen LogP contribution in [0.3, 0.4) is 0 Å². The van der Waals surface area contributed by atoms with E-state index >= 15 is 0 Å². The van der Waals surface area contributed by atoms with Crippen molar-refractivity contribution >= 4 is 10.9 Å². The Morgan fingerprint density at radius 2 is 1.18 bits per heavy atom. The highest BCUT2D eigenvalue weighted by Gasteiger charge is 2.14. The third-order valence-corrected chi connectivity index (χ3v) is 6.22. The van der Waals surface area contributed by atoms with E-state index in [9.17, 15) is 5.11 Å². The summed E-state index contributed by atoms with van der Waals surface area (Å²) in [6.45, 7) is 4.28. The standard InChI is InChI=1S/C30H32N2O6/c33-30-24(12-11-23-6-5-13-31-29(23)30)22-32-14-16-35-25-7-1-3-9-27(25)37-20-18-34-19-21-38-28-10-4-2-8-26(28)36-17-15-32/h1-13,33H,14-22H2. The van der Waals surface area contributed by atoms with Gasteiger partial charge in [-0.3, -0.25) is 9.88 Å². The second-order valence-corrected chi connectivity index (χ2v) is 8.82. The minimum atomic E-state index is 0.198. The number of nitrogens with zero attached hydrogens (tertiary/aromatic N) is 2. The van der Waals surface area contributed by atoms with Crippen molar-refractivity contribution in [2.24, 2.45) is 0 Å². The van der Waals surface area contributed by atoms with E-state index in [4.69, 9.17) is 23.7 Å². The van der Waals surface area contributed by atoms with Gasteiger partial charge in [0.1, 0.15) is 37.7 Å². The fourth-order valence-electron chi connectivity index (χ4n) is 4.28. The number of para-hydroxylation sites is 4. The lowest BCUT2D eigenvalue weighted by atomic mass is 10.1. The minimum Gasteiger partial charge on any atom is -0.505 e. The van der Waals surface area contributed by atoms with E-state index in [0.29, 0.717) is 87.8 Å². The van der Waals surface area contributed by atoms with Gasteiger partial charge in [0.2, 0.25) is 0 Å². The number of phenolic OH excluding ortho intramolecular Hbond substituents is 1. The van der Waals surface area contributed by atoms with Crippen LogP contribution < -0.4 is 18.9 Å². The SMILES string of the molecule is Oc1c(CN2CCOc3ccccc3OCCOCCOc3ccccc3OCC2)ccc2cccnc12. The normalized spacial score (nSPS) is 15.9. The van der Waals surface area contributed by atoms with Gasteiger partial charge in [-0.1, -0.05) is 42.5 Å². The van der Waals surface area contributed by atoms with Crippen LogP contribution in [0.1, 0.15) is 5.56 Å². The molecule has 5 rings (SSSR count). The monoisotopic (exact) mass is 516 g/mol. The van der Waals surface area contributed by atoms with Gasteiger partial charge in [0, 0.05) is 36.8 Å². The van der Waals surface area contributed by atoms with Crippen molar-refractivity contribution in [1.82, 2.24) is 9.88 Å². The zero-order chi connectivity index (χ0) is 26.0. The topological polar surface area (TPSA) is 82.5 Å². The minimum absolute atomic E-state index is 0.198. The van der Waals surface area contributed by atoms with Crippen LogP contribution in [0.4, 0.5) is 0 Å². The molecule has 8 heteroatoms. The van der Waals surface area contributed by atoms with E-state index in [0.717, 1.165) is 10.9 Å². The summed E-state index contributed by atoms with van der Waals surface area (Å²) >= 11 is 0. The Morgan fingerprint density at radius 3 is 1.76 bits per heavy atom. The molecule has 2 heterocycles. The summed E-state index contributed by atoms with van der Waals surface area (Å²) in [5.41, 5.74) is 1.39. The molecule has 0 amide bonds. The van der Waals surface area contributed by atoms with Crippen molar-refractivity contribution in [2.45, 2.75) is 6.54 Å². The first-order chi connectivity index (χ1) is 18.8. The Kier molecular flexibility index (Phi) is 8.76. The van der Waals surface area contributed by atoms with Crippen molar-refractivity contribution in [3.63, 3.8) is 0 Å². The Labute approximate surface area is 222 Å². The molecule has 8 nitrogen and oxygen atoms in total. The molecule has 0 atom stereocenters. The highest BCUT2D eigenvalue weighted by molar-refractivity contribution is 5.85. The Morgan fingerprint density at radius 1 is 0.632 bits per heavy atom. The van der Waals surface area contributed by atoms with E-state index in [-0.39, 0.29) is 5.75 Å². The molecule has 4 aromatic rings. The largest absolute Gasteiger partial charge is 0.505 e. The van der Waals surface area contributed by atoms with Crippen LogP contribution in [0.5, 0.6) is 28.7 Å². The molecule has 0 aliphatic carbocycles. The van der Waals surface area contributed by atoms with E-state index in [1.807, 2.05) is 72.8 Å². The fourth-order valence-corrected chi connectivity index (χ4v) is 4.28. The molecule has 1 aromatic heterocycles. The number of ether oxygens (including phenoxy) is 5. The first kappa shape index (κ1) is 25.6. The van der Waals surface area contributed by atoms with Crippen LogP contribution in [-0.2, 0) is 11.3 Å². The van der Waals surface area contributed by atoms with Gasteiger partial charge in [-0.15, -0.1) is 0 Å². The second kappa shape index (κ2) is 13.0. The summed E-state index contributed by atoms with van der Waals surface area (Å²) in [5, 5.41) is 11.8. The number of pyridine rings is 1. The average molecular weight is 517 g/mol. The van der Waals surface area contributed by atoms with E-state index in [1.54, 1.807) is 6.20 Å². The van der Waals surface area contributed by atoms with E-state index < -0.39 is 0 Å². The molecule has 0 saturated carbocycles. The molecule has 198 valence electrons. The van der Waals surface area contributed by atoms with Gasteiger partial charge < -0.3 is 28.8 Å². The summed E-state index contributed by atoms with van der Waals surface area (Å²) in [6.07, 6.45) is 1.69. The van der Waals surface area contributed by atoms with Crippen molar-refractivity contribution in [3.05, 3.63) is 84.6 Å². The summed E-state index contributed by atoms with van der Waals surface area (Å²) < 4.78 is 29.7. The third-order valence-electron chi connectivity index (χ3n) is 6.22. The van der Waals surface area contributed by atoms with Gasteiger partial charge in [-0.05, 0) is 30.3 Å². The summed E-state index contributed by atoms with van der Waals surface area (Å²) in [5.74, 6) is 2.91. The molecular weight excluding hydrogens is 484 g/mol. The number of aromatic hydroxyl groups is 1. The maximum atomic E-state index is 10.9. The number of aromatic nitrogens is 1. The lowest BCUT2D eigenvalue weighted by Crippen LogP contribution is -2.32. The maximum absolute atomic E-state index is 10.9.